The number of carbonyl (C=O) groups excluding carboxylic acids is 1. The van der Waals surface area contributed by atoms with E-state index >= 15 is 0 Å². The SMILES string of the molecule is Cc1cc(F)c(C(=O)CC2COCC(C)N2)cc1F. The molecule has 3 nitrogen and oxygen atoms in total. The third-order valence-electron chi connectivity index (χ3n) is 3.19. The number of nitrogens with one attached hydrogen (secondary N) is 1. The molecule has 0 bridgehead atoms. The smallest absolute Gasteiger partial charge is 0.167 e. The number of hydrogen-bond acceptors (Lipinski definition) is 3. The van der Waals surface area contributed by atoms with E-state index in [1.165, 1.54) is 6.92 Å². The summed E-state index contributed by atoms with van der Waals surface area (Å²) < 4.78 is 32.4. The van der Waals surface area contributed by atoms with Gasteiger partial charge in [-0.3, -0.25) is 4.79 Å². The molecule has 0 aliphatic carbocycles. The second-order valence-electron chi connectivity index (χ2n) is 5.01. The summed E-state index contributed by atoms with van der Waals surface area (Å²) >= 11 is 0. The van der Waals surface area contributed by atoms with Crippen LogP contribution in [0.1, 0.15) is 29.3 Å². The number of halogens is 2. The highest BCUT2D eigenvalue weighted by molar-refractivity contribution is 5.96. The number of morpholine rings is 1. The van der Waals surface area contributed by atoms with Crippen molar-refractivity contribution >= 4 is 5.78 Å². The second kappa shape index (κ2) is 5.75. The topological polar surface area (TPSA) is 38.3 Å². The summed E-state index contributed by atoms with van der Waals surface area (Å²) in [5.41, 5.74) is 0.00456. The number of ketones is 1. The predicted molar refractivity (Wildman–Crippen MR) is 67.2 cm³/mol. The first-order valence-electron chi connectivity index (χ1n) is 6.30. The minimum Gasteiger partial charge on any atom is -0.378 e. The van der Waals surface area contributed by atoms with Gasteiger partial charge in [-0.2, -0.15) is 0 Å². The van der Waals surface area contributed by atoms with Gasteiger partial charge in [0.1, 0.15) is 11.6 Å². The van der Waals surface area contributed by atoms with Crippen LogP contribution >= 0.6 is 0 Å². The van der Waals surface area contributed by atoms with Gasteiger partial charge in [0.2, 0.25) is 0 Å². The Balaban J connectivity index is 2.09. The molecule has 1 aliphatic rings. The van der Waals surface area contributed by atoms with E-state index in [0.29, 0.717) is 13.2 Å². The summed E-state index contributed by atoms with van der Waals surface area (Å²) in [6.45, 7) is 4.41. The Morgan fingerprint density at radius 3 is 2.79 bits per heavy atom. The van der Waals surface area contributed by atoms with Crippen molar-refractivity contribution < 1.29 is 18.3 Å². The number of rotatable bonds is 3. The zero-order valence-corrected chi connectivity index (χ0v) is 11.0. The number of ether oxygens (including phenoxy) is 1. The summed E-state index contributed by atoms with van der Waals surface area (Å²) in [5.74, 6) is -1.65. The lowest BCUT2D eigenvalue weighted by molar-refractivity contribution is 0.0463. The Morgan fingerprint density at radius 2 is 2.11 bits per heavy atom. The van der Waals surface area contributed by atoms with Crippen LogP contribution in [0.5, 0.6) is 0 Å². The predicted octanol–water partition coefficient (Wildman–Crippen LogP) is 2.22. The van der Waals surface area contributed by atoms with Crippen molar-refractivity contribution in [1.29, 1.82) is 0 Å². The average Bonchev–Trinajstić information content (AvgIpc) is 2.33. The van der Waals surface area contributed by atoms with Gasteiger partial charge in [-0.25, -0.2) is 8.78 Å². The quantitative estimate of drug-likeness (QED) is 0.855. The highest BCUT2D eigenvalue weighted by Gasteiger charge is 2.23. The molecule has 104 valence electrons. The molecular weight excluding hydrogens is 252 g/mol. The summed E-state index contributed by atoms with van der Waals surface area (Å²) in [7, 11) is 0. The summed E-state index contributed by atoms with van der Waals surface area (Å²) in [5, 5.41) is 3.20. The maximum Gasteiger partial charge on any atom is 0.167 e. The van der Waals surface area contributed by atoms with Crippen molar-refractivity contribution in [3.63, 3.8) is 0 Å². The molecule has 19 heavy (non-hydrogen) atoms. The number of hydrogen-bond donors (Lipinski definition) is 1. The van der Waals surface area contributed by atoms with Gasteiger partial charge in [-0.1, -0.05) is 0 Å². The van der Waals surface area contributed by atoms with Crippen LogP contribution < -0.4 is 5.32 Å². The molecule has 1 aromatic rings. The number of benzene rings is 1. The van der Waals surface area contributed by atoms with Crippen LogP contribution in [0.25, 0.3) is 0 Å². The van der Waals surface area contributed by atoms with Crippen molar-refractivity contribution in [1.82, 2.24) is 5.32 Å². The van der Waals surface area contributed by atoms with Gasteiger partial charge >= 0.3 is 0 Å². The molecule has 0 aromatic heterocycles. The van der Waals surface area contributed by atoms with E-state index in [2.05, 4.69) is 5.32 Å². The molecular formula is C14H17F2NO2. The van der Waals surface area contributed by atoms with E-state index in [4.69, 9.17) is 4.74 Å². The summed E-state index contributed by atoms with van der Waals surface area (Å²) in [6.07, 6.45) is 0.101. The lowest BCUT2D eigenvalue weighted by Crippen LogP contribution is -2.48. The molecule has 0 amide bonds. The maximum absolute atomic E-state index is 13.7. The molecule has 0 radical (unpaired) electrons. The number of Topliss-reactive ketones (excluding diaryl/α,β-unsaturated/α-hetero) is 1. The van der Waals surface area contributed by atoms with Crippen molar-refractivity contribution in [2.45, 2.75) is 32.4 Å². The van der Waals surface area contributed by atoms with Gasteiger partial charge in [0.25, 0.3) is 0 Å². The van der Waals surface area contributed by atoms with Crippen LogP contribution in [0.3, 0.4) is 0 Å². The third kappa shape index (κ3) is 3.36. The van der Waals surface area contributed by atoms with E-state index in [9.17, 15) is 13.6 Å². The molecule has 0 spiro atoms. The highest BCUT2D eigenvalue weighted by Crippen LogP contribution is 2.17. The molecule has 1 heterocycles. The molecule has 1 aliphatic heterocycles. The van der Waals surface area contributed by atoms with Crippen LogP contribution in [0.15, 0.2) is 12.1 Å². The Labute approximate surface area is 111 Å². The molecule has 5 heteroatoms. The fourth-order valence-electron chi connectivity index (χ4n) is 2.20. The monoisotopic (exact) mass is 269 g/mol. The van der Waals surface area contributed by atoms with E-state index in [1.807, 2.05) is 6.92 Å². The van der Waals surface area contributed by atoms with Gasteiger partial charge in [-0.05, 0) is 31.5 Å². The third-order valence-corrected chi connectivity index (χ3v) is 3.19. The molecule has 0 saturated carbocycles. The van der Waals surface area contributed by atoms with Crippen molar-refractivity contribution in [2.75, 3.05) is 13.2 Å². The maximum atomic E-state index is 13.7. The summed E-state index contributed by atoms with van der Waals surface area (Å²) in [4.78, 5) is 12.0. The first kappa shape index (κ1) is 14.1. The molecule has 1 aromatic carbocycles. The molecule has 2 rings (SSSR count). The Morgan fingerprint density at radius 1 is 1.37 bits per heavy atom. The first-order valence-corrected chi connectivity index (χ1v) is 6.30. The van der Waals surface area contributed by atoms with E-state index in [-0.39, 0.29) is 29.6 Å². The molecule has 1 saturated heterocycles. The van der Waals surface area contributed by atoms with Gasteiger partial charge in [-0.15, -0.1) is 0 Å². The average molecular weight is 269 g/mol. The second-order valence-corrected chi connectivity index (χ2v) is 5.01. The first-order chi connectivity index (χ1) is 8.97. The Bertz CT molecular complexity index is 491. The van der Waals surface area contributed by atoms with Gasteiger partial charge in [0, 0.05) is 18.5 Å². The van der Waals surface area contributed by atoms with Gasteiger partial charge in [0.05, 0.1) is 18.8 Å². The minimum atomic E-state index is -0.673. The number of aryl methyl sites for hydroxylation is 1. The lowest BCUT2D eigenvalue weighted by Gasteiger charge is -2.28. The van der Waals surface area contributed by atoms with E-state index < -0.39 is 17.4 Å². The van der Waals surface area contributed by atoms with E-state index in [0.717, 1.165) is 12.1 Å². The van der Waals surface area contributed by atoms with Crippen molar-refractivity contribution in [2.24, 2.45) is 0 Å². The molecule has 2 atom stereocenters. The Kier molecular flexibility index (Phi) is 4.27. The standard InChI is InChI=1S/C14H17F2NO2/c1-8-3-13(16)11(5-12(8)15)14(18)4-10-7-19-6-9(2)17-10/h3,5,9-10,17H,4,6-7H2,1-2H3. The van der Waals surface area contributed by atoms with Crippen molar-refractivity contribution in [3.8, 4) is 0 Å². The van der Waals surface area contributed by atoms with Gasteiger partial charge in [0.15, 0.2) is 5.78 Å². The molecule has 1 fully saturated rings. The van der Waals surface area contributed by atoms with Crippen LogP contribution in [-0.4, -0.2) is 31.1 Å². The van der Waals surface area contributed by atoms with Crippen LogP contribution in [-0.2, 0) is 4.74 Å². The summed E-state index contributed by atoms with van der Waals surface area (Å²) in [6, 6.07) is 2.03. The fraction of sp³-hybridized carbons (Fsp3) is 0.500. The zero-order chi connectivity index (χ0) is 14.0. The lowest BCUT2D eigenvalue weighted by atomic mass is 10.0. The minimum absolute atomic E-state index is 0.101. The zero-order valence-electron chi connectivity index (χ0n) is 11.0. The molecule has 2 unspecified atom stereocenters. The van der Waals surface area contributed by atoms with Crippen LogP contribution in [0.4, 0.5) is 8.78 Å². The number of carbonyl (C=O) groups is 1. The highest BCUT2D eigenvalue weighted by atomic mass is 19.1. The van der Waals surface area contributed by atoms with Crippen LogP contribution in [0.2, 0.25) is 0 Å². The largest absolute Gasteiger partial charge is 0.378 e. The normalized spacial score (nSPS) is 23.4. The fourth-order valence-corrected chi connectivity index (χ4v) is 2.20. The van der Waals surface area contributed by atoms with Crippen LogP contribution in [0, 0.1) is 18.6 Å². The Hall–Kier alpha value is -1.33. The molecule has 1 N–H and O–H groups in total. The van der Waals surface area contributed by atoms with E-state index in [1.54, 1.807) is 0 Å². The van der Waals surface area contributed by atoms with Crippen molar-refractivity contribution in [3.05, 3.63) is 34.9 Å². The van der Waals surface area contributed by atoms with Gasteiger partial charge < -0.3 is 10.1 Å².